The maximum Gasteiger partial charge on any atom is 0.569 e. The molecule has 2 aromatic heterocycles. The Bertz CT molecular complexity index is 6490. The molecule has 0 amide bonds. The largest absolute Gasteiger partial charge is 0.569 e. The molecule has 0 aliphatic rings. The van der Waals surface area contributed by atoms with Crippen molar-refractivity contribution < 1.29 is 18.5 Å². The first-order valence-corrected chi connectivity index (χ1v) is 35.1. The summed E-state index contributed by atoms with van der Waals surface area (Å²) >= 11 is 3.52. The minimum atomic E-state index is 0.667. The molecule has 0 aliphatic heterocycles. The molecule has 0 bridgehead atoms. The summed E-state index contributed by atoms with van der Waals surface area (Å²) in [7, 11) is 0.756. The van der Waals surface area contributed by atoms with Crippen LogP contribution >= 0.6 is 15.9 Å². The summed E-state index contributed by atoms with van der Waals surface area (Å²) < 4.78 is 18.6. The number of hydrogen-bond acceptors (Lipinski definition) is 4. The number of fused-ring (bicyclic) bond motifs is 12. The molecule has 0 aliphatic carbocycles. The second-order valence-electron chi connectivity index (χ2n) is 25.8. The minimum Gasteiger partial charge on any atom is -0.537 e. The number of benzene rings is 18. The molecule has 18 aromatic carbocycles. The average Bonchev–Trinajstić information content (AvgIpc) is 1.03. The zero-order chi connectivity index (χ0) is 68.0. The Kier molecular flexibility index (Phi) is 16.1. The van der Waals surface area contributed by atoms with E-state index < -0.39 is 0 Å². The molecule has 1 N–H and O–H groups in total. The normalized spacial score (nSPS) is 11.4. The molecule has 0 atom stereocenters. The van der Waals surface area contributed by atoms with E-state index in [1.165, 1.54) is 115 Å². The third-order valence-electron chi connectivity index (χ3n) is 19.9. The third kappa shape index (κ3) is 11.5. The van der Waals surface area contributed by atoms with Crippen LogP contribution < -0.4 is 4.65 Å². The van der Waals surface area contributed by atoms with Crippen LogP contribution in [-0.2, 0) is 0 Å². The number of furan rings is 2. The molecule has 0 unspecified atom stereocenters. The average molecular weight is 1370 g/mol. The van der Waals surface area contributed by atoms with Crippen molar-refractivity contribution in [3.8, 4) is 83.6 Å². The Labute approximate surface area is 598 Å². The van der Waals surface area contributed by atoms with Crippen LogP contribution in [0.5, 0.6) is 5.75 Å². The SMILES string of the molecule is Brc1cccc(-c2ccc3oc4ccccc4c3c2)c1.O[B]Oc1c2ccccc2c(-c2ccc(-c3ccc4ccccc4c3)cc2)c2ccccc12.c1cc(-c2ccc3oc4ccccc4c3c2)cc(-c2c3ccccc3c(-c3ccc(-c4ccc5ccccc5c4)cc3)c3ccccc23)c1. The van der Waals surface area contributed by atoms with Crippen LogP contribution in [0, 0.1) is 0 Å². The predicted molar refractivity (Wildman–Crippen MR) is 433 cm³/mol. The smallest absolute Gasteiger partial charge is 0.537 e. The number of para-hydroxylation sites is 2. The van der Waals surface area contributed by atoms with Gasteiger partial charge < -0.3 is 18.5 Å². The lowest BCUT2D eigenvalue weighted by Gasteiger charge is -2.18. The van der Waals surface area contributed by atoms with E-state index in [-0.39, 0.29) is 0 Å². The topological polar surface area (TPSA) is 55.7 Å². The molecule has 6 heteroatoms. The van der Waals surface area contributed by atoms with Crippen LogP contribution in [-0.4, -0.2) is 12.7 Å². The molecule has 0 saturated heterocycles. The molecule has 0 spiro atoms. The van der Waals surface area contributed by atoms with E-state index in [0.29, 0.717) is 5.75 Å². The fourth-order valence-electron chi connectivity index (χ4n) is 15.1. The van der Waals surface area contributed by atoms with Gasteiger partial charge in [-0.3, -0.25) is 0 Å². The van der Waals surface area contributed by atoms with E-state index in [2.05, 4.69) is 301 Å². The van der Waals surface area contributed by atoms with Gasteiger partial charge in [0, 0.05) is 36.8 Å². The van der Waals surface area contributed by atoms with E-state index in [4.69, 9.17) is 13.5 Å². The van der Waals surface area contributed by atoms with Crippen LogP contribution in [0.1, 0.15) is 0 Å². The van der Waals surface area contributed by atoms with Gasteiger partial charge in [0.15, 0.2) is 0 Å². The fourth-order valence-corrected chi connectivity index (χ4v) is 15.5. The Morgan fingerprint density at radius 2 is 0.520 bits per heavy atom. The number of hydrogen-bond donors (Lipinski definition) is 1. The van der Waals surface area contributed by atoms with Crippen molar-refractivity contribution in [2.75, 3.05) is 0 Å². The van der Waals surface area contributed by atoms with Gasteiger partial charge in [0.25, 0.3) is 0 Å². The highest BCUT2D eigenvalue weighted by Crippen LogP contribution is 2.47. The van der Waals surface area contributed by atoms with Crippen molar-refractivity contribution in [2.45, 2.75) is 0 Å². The van der Waals surface area contributed by atoms with Crippen molar-refractivity contribution in [3.63, 3.8) is 0 Å². The molecular formula is C96H61BBrO4. The quantitative estimate of drug-likeness (QED) is 0.116. The lowest BCUT2D eigenvalue weighted by molar-refractivity contribution is 0.459. The first-order valence-electron chi connectivity index (χ1n) is 34.3. The highest BCUT2D eigenvalue weighted by atomic mass is 79.9. The van der Waals surface area contributed by atoms with Crippen molar-refractivity contribution in [3.05, 3.63) is 368 Å². The molecule has 20 aromatic rings. The second-order valence-corrected chi connectivity index (χ2v) is 26.8. The van der Waals surface area contributed by atoms with Gasteiger partial charge in [0.05, 0.1) is 0 Å². The molecule has 2 heterocycles. The van der Waals surface area contributed by atoms with Gasteiger partial charge in [-0.05, 0) is 198 Å². The summed E-state index contributed by atoms with van der Waals surface area (Å²) in [6.45, 7) is 0. The second kappa shape index (κ2) is 26.6. The van der Waals surface area contributed by atoms with Crippen LogP contribution in [0.4, 0.5) is 0 Å². The van der Waals surface area contributed by atoms with Crippen LogP contribution in [0.15, 0.2) is 377 Å². The Morgan fingerprint density at radius 3 is 0.961 bits per heavy atom. The zero-order valence-electron chi connectivity index (χ0n) is 55.3. The van der Waals surface area contributed by atoms with E-state index in [0.717, 1.165) is 83.3 Å². The van der Waals surface area contributed by atoms with Crippen LogP contribution in [0.25, 0.3) is 186 Å². The summed E-state index contributed by atoms with van der Waals surface area (Å²) in [5.41, 5.74) is 20.6. The summed E-state index contributed by atoms with van der Waals surface area (Å²) in [5.74, 6) is 0.667. The summed E-state index contributed by atoms with van der Waals surface area (Å²) in [6.07, 6.45) is 0. The van der Waals surface area contributed by atoms with E-state index in [9.17, 15) is 5.02 Å². The molecule has 4 nitrogen and oxygen atoms in total. The highest BCUT2D eigenvalue weighted by molar-refractivity contribution is 9.10. The maximum absolute atomic E-state index is 9.38. The van der Waals surface area contributed by atoms with Crippen molar-refractivity contribution in [1.29, 1.82) is 0 Å². The Morgan fingerprint density at radius 1 is 0.216 bits per heavy atom. The fraction of sp³-hybridized carbons (Fsp3) is 0. The number of rotatable bonds is 9. The zero-order valence-corrected chi connectivity index (χ0v) is 56.9. The van der Waals surface area contributed by atoms with E-state index >= 15 is 0 Å². The molecule has 102 heavy (non-hydrogen) atoms. The lowest BCUT2D eigenvalue weighted by Crippen LogP contribution is -2.01. The van der Waals surface area contributed by atoms with Gasteiger partial charge in [-0.1, -0.05) is 313 Å². The van der Waals surface area contributed by atoms with Crippen molar-refractivity contribution in [2.24, 2.45) is 0 Å². The molecular weight excluding hydrogens is 1310 g/mol. The number of halogens is 1. The molecule has 479 valence electrons. The van der Waals surface area contributed by atoms with Gasteiger partial charge in [-0.15, -0.1) is 0 Å². The summed E-state index contributed by atoms with van der Waals surface area (Å²) in [4.78, 5) is 0. The molecule has 20 rings (SSSR count). The van der Waals surface area contributed by atoms with Gasteiger partial charge in [0.2, 0.25) is 0 Å². The standard InChI is InChI=1S/C48H30O.C30H20BO2.C18H11BrO/c1-2-11-34-28-36(25-22-31(34)10-1)32-20-23-33(24-21-32)47-40-15-3-5-17-42(40)48(43-18-6-4-16-41(43)47)38-13-9-12-35(29-38)37-26-27-46-44(30-37)39-14-7-8-19-45(39)49-46;32-31-33-30-27-11-5-3-9-25(27)29(26-10-4-6-12-28(26)30)22-16-13-21(14-17-22)24-18-15-20-7-1-2-8-23(20)19-24;19-14-5-3-4-12(10-14)13-8-9-18-16(11-13)15-6-1-2-7-17(15)20-18/h1-30H;1-19,32H;1-11H. The van der Waals surface area contributed by atoms with Gasteiger partial charge in [0.1, 0.15) is 28.1 Å². The highest BCUT2D eigenvalue weighted by Gasteiger charge is 2.20. The lowest BCUT2D eigenvalue weighted by atomic mass is 9.85. The summed E-state index contributed by atoms with van der Waals surface area (Å²) in [5, 5.41) is 28.2. The van der Waals surface area contributed by atoms with E-state index in [1.807, 2.05) is 78.9 Å². The third-order valence-corrected chi connectivity index (χ3v) is 20.4. The van der Waals surface area contributed by atoms with E-state index in [1.54, 1.807) is 0 Å². The van der Waals surface area contributed by atoms with Gasteiger partial charge >= 0.3 is 7.69 Å². The van der Waals surface area contributed by atoms with Gasteiger partial charge in [-0.2, -0.15) is 0 Å². The Balaban J connectivity index is 0.000000121. The van der Waals surface area contributed by atoms with Gasteiger partial charge in [-0.25, -0.2) is 0 Å². The predicted octanol–water partition coefficient (Wildman–Crippen LogP) is 27.1. The minimum absolute atomic E-state index is 0.667. The monoisotopic (exact) mass is 1370 g/mol. The van der Waals surface area contributed by atoms with Crippen LogP contribution in [0.3, 0.4) is 0 Å². The molecule has 0 fully saturated rings. The molecule has 0 saturated carbocycles. The first-order chi connectivity index (χ1) is 50.4. The van der Waals surface area contributed by atoms with Crippen molar-refractivity contribution >= 4 is 132 Å². The van der Waals surface area contributed by atoms with Crippen LogP contribution in [0.2, 0.25) is 0 Å². The Hall–Kier alpha value is -12.6. The van der Waals surface area contributed by atoms with Crippen molar-refractivity contribution in [1.82, 2.24) is 0 Å². The first kappa shape index (κ1) is 61.7. The summed E-state index contributed by atoms with van der Waals surface area (Å²) in [6, 6.07) is 129. The molecule has 1 radical (unpaired) electrons. The maximum atomic E-state index is 9.38.